The fourth-order valence-electron chi connectivity index (χ4n) is 1.58. The Labute approximate surface area is 131 Å². The molecule has 0 spiro atoms. The van der Waals surface area contributed by atoms with Crippen LogP contribution in [-0.4, -0.2) is 20.0 Å². The summed E-state index contributed by atoms with van der Waals surface area (Å²) < 4.78 is 12.1. The van der Waals surface area contributed by atoms with Crippen LogP contribution in [0.3, 0.4) is 0 Å². The van der Waals surface area contributed by atoms with Gasteiger partial charge in [-0.1, -0.05) is 0 Å². The molecule has 19 heavy (non-hydrogen) atoms. The molecule has 0 saturated carbocycles. The lowest BCUT2D eigenvalue weighted by molar-refractivity contribution is 0.103. The zero-order valence-corrected chi connectivity index (χ0v) is 14.2. The lowest BCUT2D eigenvalue weighted by Crippen LogP contribution is -2.02. The van der Waals surface area contributed by atoms with E-state index in [0.29, 0.717) is 21.9 Å². The average Bonchev–Trinajstić information content (AvgIpc) is 2.77. The van der Waals surface area contributed by atoms with Crippen molar-refractivity contribution in [2.24, 2.45) is 0 Å². The van der Waals surface area contributed by atoms with Crippen LogP contribution in [-0.2, 0) is 0 Å². The Morgan fingerprint density at radius 3 is 2.42 bits per heavy atom. The standard InChI is InChI=1S/C13H10Br2O3S/c1-17-7-3-4-10(18-2)8(5-7)12(16)11-6-9(14)13(15)19-11/h3-6H,1-2H3. The highest BCUT2D eigenvalue weighted by Crippen LogP contribution is 2.35. The summed E-state index contributed by atoms with van der Waals surface area (Å²) >= 11 is 8.13. The summed E-state index contributed by atoms with van der Waals surface area (Å²) in [5, 5.41) is 0. The van der Waals surface area contributed by atoms with Gasteiger partial charge in [-0.05, 0) is 56.1 Å². The van der Waals surface area contributed by atoms with Gasteiger partial charge >= 0.3 is 0 Å². The summed E-state index contributed by atoms with van der Waals surface area (Å²) in [5.74, 6) is 1.07. The number of hydrogen-bond donors (Lipinski definition) is 0. The van der Waals surface area contributed by atoms with Crippen molar-refractivity contribution in [2.45, 2.75) is 0 Å². The second-order valence-corrected chi connectivity index (χ2v) is 6.85. The van der Waals surface area contributed by atoms with E-state index < -0.39 is 0 Å². The molecule has 1 aromatic carbocycles. The van der Waals surface area contributed by atoms with E-state index in [9.17, 15) is 4.79 Å². The largest absolute Gasteiger partial charge is 0.497 e. The molecule has 0 unspecified atom stereocenters. The topological polar surface area (TPSA) is 35.5 Å². The number of thiophene rings is 1. The Morgan fingerprint density at radius 1 is 1.16 bits per heavy atom. The monoisotopic (exact) mass is 404 g/mol. The lowest BCUT2D eigenvalue weighted by Gasteiger charge is -2.08. The fraction of sp³-hybridized carbons (Fsp3) is 0.154. The van der Waals surface area contributed by atoms with Gasteiger partial charge in [-0.25, -0.2) is 0 Å². The molecule has 3 nitrogen and oxygen atoms in total. The Bertz CT molecular complexity index is 603. The first kappa shape index (κ1) is 14.6. The normalized spacial score (nSPS) is 10.3. The minimum absolute atomic E-state index is 0.0906. The van der Waals surface area contributed by atoms with E-state index in [1.54, 1.807) is 38.5 Å². The minimum atomic E-state index is -0.0906. The molecule has 0 bridgehead atoms. The van der Waals surface area contributed by atoms with Crippen LogP contribution in [0.25, 0.3) is 0 Å². The van der Waals surface area contributed by atoms with Crippen LogP contribution in [0.2, 0.25) is 0 Å². The zero-order valence-electron chi connectivity index (χ0n) is 10.2. The van der Waals surface area contributed by atoms with E-state index in [0.717, 1.165) is 8.26 Å². The van der Waals surface area contributed by atoms with Gasteiger partial charge in [-0.2, -0.15) is 0 Å². The van der Waals surface area contributed by atoms with E-state index in [4.69, 9.17) is 9.47 Å². The highest BCUT2D eigenvalue weighted by Gasteiger charge is 2.18. The van der Waals surface area contributed by atoms with Gasteiger partial charge in [0.05, 0.1) is 28.4 Å². The van der Waals surface area contributed by atoms with Gasteiger partial charge in [0.1, 0.15) is 11.5 Å². The molecule has 0 fully saturated rings. The minimum Gasteiger partial charge on any atom is -0.497 e. The highest BCUT2D eigenvalue weighted by atomic mass is 79.9. The van der Waals surface area contributed by atoms with Gasteiger partial charge < -0.3 is 9.47 Å². The van der Waals surface area contributed by atoms with E-state index in [-0.39, 0.29) is 5.78 Å². The number of methoxy groups -OCH3 is 2. The Morgan fingerprint density at radius 2 is 1.89 bits per heavy atom. The molecule has 0 aliphatic carbocycles. The van der Waals surface area contributed by atoms with Crippen LogP contribution in [0.4, 0.5) is 0 Å². The molecule has 2 rings (SSSR count). The molecule has 0 aliphatic heterocycles. The summed E-state index contributed by atoms with van der Waals surface area (Å²) in [6.45, 7) is 0. The summed E-state index contributed by atoms with van der Waals surface area (Å²) in [6, 6.07) is 6.96. The number of carbonyl (C=O) groups excluding carboxylic acids is 1. The van der Waals surface area contributed by atoms with E-state index in [2.05, 4.69) is 31.9 Å². The SMILES string of the molecule is COc1ccc(OC)c(C(=O)c2cc(Br)c(Br)s2)c1. The van der Waals surface area contributed by atoms with Gasteiger partial charge in [-0.15, -0.1) is 11.3 Å². The highest BCUT2D eigenvalue weighted by molar-refractivity contribution is 9.13. The van der Waals surface area contributed by atoms with Crippen LogP contribution in [0, 0.1) is 0 Å². The molecule has 0 aliphatic rings. The third-order valence-corrected chi connectivity index (χ3v) is 5.78. The molecule has 2 aromatic rings. The van der Waals surface area contributed by atoms with Crippen molar-refractivity contribution in [3.63, 3.8) is 0 Å². The smallest absolute Gasteiger partial charge is 0.206 e. The third-order valence-electron chi connectivity index (χ3n) is 2.52. The van der Waals surface area contributed by atoms with Crippen molar-refractivity contribution >= 4 is 49.0 Å². The van der Waals surface area contributed by atoms with Crippen LogP contribution in [0.1, 0.15) is 15.2 Å². The first-order chi connectivity index (χ1) is 9.06. The lowest BCUT2D eigenvalue weighted by atomic mass is 10.1. The maximum absolute atomic E-state index is 12.5. The number of rotatable bonds is 4. The molecule has 1 aromatic heterocycles. The third kappa shape index (κ3) is 3.01. The number of carbonyl (C=O) groups is 1. The molecule has 6 heteroatoms. The van der Waals surface area contributed by atoms with Gasteiger partial charge in [-0.3, -0.25) is 4.79 Å². The van der Waals surface area contributed by atoms with Crippen LogP contribution in [0.5, 0.6) is 11.5 Å². The van der Waals surface area contributed by atoms with Crippen molar-refractivity contribution in [2.75, 3.05) is 14.2 Å². The van der Waals surface area contributed by atoms with Gasteiger partial charge in [0.25, 0.3) is 0 Å². The Balaban J connectivity index is 2.47. The van der Waals surface area contributed by atoms with Gasteiger partial charge in [0, 0.05) is 4.47 Å². The zero-order chi connectivity index (χ0) is 14.0. The molecule has 0 N–H and O–H groups in total. The van der Waals surface area contributed by atoms with Gasteiger partial charge in [0.2, 0.25) is 5.78 Å². The summed E-state index contributed by atoms with van der Waals surface area (Å²) in [4.78, 5) is 13.1. The molecular formula is C13H10Br2O3S. The number of benzene rings is 1. The fourth-order valence-corrected chi connectivity index (χ4v) is 3.57. The number of ether oxygens (including phenoxy) is 2. The molecule has 0 amide bonds. The molecule has 0 radical (unpaired) electrons. The van der Waals surface area contributed by atoms with Crippen LogP contribution >= 0.6 is 43.2 Å². The molecule has 0 saturated heterocycles. The molecule has 1 heterocycles. The second-order valence-electron chi connectivity index (χ2n) is 3.63. The van der Waals surface area contributed by atoms with Crippen LogP contribution in [0.15, 0.2) is 32.5 Å². The number of halogens is 2. The predicted octanol–water partition coefficient (Wildman–Crippen LogP) is 4.52. The van der Waals surface area contributed by atoms with Crippen molar-refractivity contribution in [1.82, 2.24) is 0 Å². The Hall–Kier alpha value is -0.850. The Kier molecular flexibility index (Phi) is 4.65. The van der Waals surface area contributed by atoms with E-state index in [1.807, 2.05) is 0 Å². The first-order valence-electron chi connectivity index (χ1n) is 5.28. The van der Waals surface area contributed by atoms with E-state index >= 15 is 0 Å². The number of hydrogen-bond acceptors (Lipinski definition) is 4. The predicted molar refractivity (Wildman–Crippen MR) is 82.7 cm³/mol. The summed E-state index contributed by atoms with van der Waals surface area (Å²) in [5.41, 5.74) is 0.489. The van der Waals surface area contributed by atoms with Crippen LogP contribution < -0.4 is 9.47 Å². The second kappa shape index (κ2) is 6.07. The number of ketones is 1. The molecular weight excluding hydrogens is 396 g/mol. The van der Waals surface area contributed by atoms with Crippen molar-refractivity contribution in [3.05, 3.63) is 43.0 Å². The van der Waals surface area contributed by atoms with Gasteiger partial charge in [0.15, 0.2) is 0 Å². The molecule has 100 valence electrons. The van der Waals surface area contributed by atoms with Crippen molar-refractivity contribution < 1.29 is 14.3 Å². The average molecular weight is 406 g/mol. The first-order valence-corrected chi connectivity index (χ1v) is 7.68. The van der Waals surface area contributed by atoms with E-state index in [1.165, 1.54) is 11.3 Å². The quantitative estimate of drug-likeness (QED) is 0.701. The summed E-state index contributed by atoms with van der Waals surface area (Å²) in [7, 11) is 3.10. The van der Waals surface area contributed by atoms with Crippen molar-refractivity contribution in [1.29, 1.82) is 0 Å². The maximum Gasteiger partial charge on any atom is 0.206 e. The van der Waals surface area contributed by atoms with Crippen molar-refractivity contribution in [3.8, 4) is 11.5 Å². The summed E-state index contributed by atoms with van der Waals surface area (Å²) in [6.07, 6.45) is 0. The molecule has 0 atom stereocenters. The maximum atomic E-state index is 12.5.